The summed E-state index contributed by atoms with van der Waals surface area (Å²) in [5.74, 6) is -0.829. The Balaban J connectivity index is 3.03. The van der Waals surface area contributed by atoms with Crippen LogP contribution in [0.4, 0.5) is 0 Å². The van der Waals surface area contributed by atoms with Crippen molar-refractivity contribution in [3.63, 3.8) is 0 Å². The van der Waals surface area contributed by atoms with Gasteiger partial charge in [-0.3, -0.25) is 4.79 Å². The van der Waals surface area contributed by atoms with E-state index in [1.165, 1.54) is 13.2 Å². The first-order valence-electron chi connectivity index (χ1n) is 5.70. The second-order valence-electron chi connectivity index (χ2n) is 4.03. The van der Waals surface area contributed by atoms with Crippen molar-refractivity contribution in [2.45, 2.75) is 24.0 Å². The number of rotatable bonds is 5. The number of carbonyl (C=O) groups is 2. The molecule has 0 saturated carbocycles. The highest BCUT2D eigenvalue weighted by atomic mass is 35.5. The van der Waals surface area contributed by atoms with Gasteiger partial charge in [-0.15, -0.1) is 11.8 Å². The van der Waals surface area contributed by atoms with Gasteiger partial charge in [0.25, 0.3) is 0 Å². The molecule has 0 fully saturated rings. The highest BCUT2D eigenvalue weighted by Gasteiger charge is 2.12. The van der Waals surface area contributed by atoms with Gasteiger partial charge in [-0.05, 0) is 24.3 Å². The molecule has 0 spiro atoms. The number of methoxy groups -OCH3 is 1. The van der Waals surface area contributed by atoms with Crippen molar-refractivity contribution in [1.29, 1.82) is 0 Å². The lowest BCUT2D eigenvalue weighted by Gasteiger charge is -2.09. The molecule has 0 aliphatic heterocycles. The van der Waals surface area contributed by atoms with Gasteiger partial charge in [0.05, 0.1) is 7.11 Å². The third kappa shape index (κ3) is 5.09. The molecule has 0 aliphatic rings. The van der Waals surface area contributed by atoms with Crippen LogP contribution >= 0.6 is 23.4 Å². The van der Waals surface area contributed by atoms with Crippen molar-refractivity contribution in [2.75, 3.05) is 7.11 Å². The Bertz CT molecular complexity index is 509. The monoisotopic (exact) mass is 298 g/mol. The Hall–Kier alpha value is -1.26. The summed E-state index contributed by atoms with van der Waals surface area (Å²) in [6.45, 7) is 4.08. The van der Waals surface area contributed by atoms with E-state index in [1.54, 1.807) is 23.9 Å². The fraction of sp³-hybridized carbons (Fsp3) is 0.286. The normalized spacial score (nSPS) is 11.0. The molecule has 1 aromatic rings. The SMILES string of the molecule is COC(=O)/C=C/C(=O)c1cc(Cl)ccc1SC(C)C. The zero-order chi connectivity index (χ0) is 14.4. The molecule has 0 N–H and O–H groups in total. The molecular formula is C14H15ClO3S. The molecule has 0 bridgehead atoms. The highest BCUT2D eigenvalue weighted by Crippen LogP contribution is 2.29. The van der Waals surface area contributed by atoms with Crippen LogP contribution in [-0.2, 0) is 9.53 Å². The molecule has 19 heavy (non-hydrogen) atoms. The fourth-order valence-corrected chi connectivity index (χ4v) is 2.47. The molecule has 0 unspecified atom stereocenters. The molecule has 5 heteroatoms. The van der Waals surface area contributed by atoms with Crippen LogP contribution in [0.15, 0.2) is 35.2 Å². The number of halogens is 1. The van der Waals surface area contributed by atoms with Crippen LogP contribution in [0.25, 0.3) is 0 Å². The van der Waals surface area contributed by atoms with Gasteiger partial charge in [-0.25, -0.2) is 4.79 Å². The van der Waals surface area contributed by atoms with Crippen LogP contribution < -0.4 is 0 Å². The number of allylic oxidation sites excluding steroid dienone is 1. The smallest absolute Gasteiger partial charge is 0.330 e. The minimum Gasteiger partial charge on any atom is -0.466 e. The lowest BCUT2D eigenvalue weighted by atomic mass is 10.1. The average Bonchev–Trinajstić information content (AvgIpc) is 2.37. The predicted molar refractivity (Wildman–Crippen MR) is 77.9 cm³/mol. The van der Waals surface area contributed by atoms with Gasteiger partial charge in [-0.2, -0.15) is 0 Å². The Labute approximate surface area is 122 Å². The Morgan fingerprint density at radius 2 is 2.00 bits per heavy atom. The maximum atomic E-state index is 12.1. The van der Waals surface area contributed by atoms with Gasteiger partial charge in [0.1, 0.15) is 0 Å². The second-order valence-corrected chi connectivity index (χ2v) is 6.08. The standard InChI is InChI=1S/C14H15ClO3S/c1-9(2)19-13-6-4-10(15)8-11(13)12(16)5-7-14(17)18-3/h4-9H,1-3H3/b7-5+. The summed E-state index contributed by atoms with van der Waals surface area (Å²) < 4.78 is 4.45. The molecule has 0 amide bonds. The molecule has 0 aliphatic carbocycles. The first kappa shape index (κ1) is 15.8. The molecule has 0 atom stereocenters. The third-order valence-corrected chi connectivity index (χ3v) is 3.46. The maximum Gasteiger partial charge on any atom is 0.330 e. The van der Waals surface area contributed by atoms with E-state index in [0.717, 1.165) is 11.0 Å². The van der Waals surface area contributed by atoms with Gasteiger partial charge in [-0.1, -0.05) is 25.4 Å². The number of hydrogen-bond donors (Lipinski definition) is 0. The Kier molecular flexibility index (Phi) is 6.12. The van der Waals surface area contributed by atoms with Crippen molar-refractivity contribution in [3.05, 3.63) is 40.9 Å². The number of esters is 1. The van der Waals surface area contributed by atoms with Gasteiger partial charge in [0.2, 0.25) is 0 Å². The first-order chi connectivity index (χ1) is 8.93. The number of ether oxygens (including phenoxy) is 1. The lowest BCUT2D eigenvalue weighted by Crippen LogP contribution is -2.01. The average molecular weight is 299 g/mol. The second kappa shape index (κ2) is 7.36. The first-order valence-corrected chi connectivity index (χ1v) is 6.96. The largest absolute Gasteiger partial charge is 0.466 e. The van der Waals surface area contributed by atoms with Crippen molar-refractivity contribution < 1.29 is 14.3 Å². The number of benzene rings is 1. The zero-order valence-electron chi connectivity index (χ0n) is 11.0. The fourth-order valence-electron chi connectivity index (χ4n) is 1.35. The lowest BCUT2D eigenvalue weighted by molar-refractivity contribution is -0.134. The summed E-state index contributed by atoms with van der Waals surface area (Å²) >= 11 is 7.48. The summed E-state index contributed by atoms with van der Waals surface area (Å²) in [4.78, 5) is 23.9. The van der Waals surface area contributed by atoms with Crippen LogP contribution in [0.3, 0.4) is 0 Å². The number of ketones is 1. The summed E-state index contributed by atoms with van der Waals surface area (Å²) in [5, 5.41) is 0.834. The van der Waals surface area contributed by atoms with Crippen LogP contribution in [-0.4, -0.2) is 24.1 Å². The quantitative estimate of drug-likeness (QED) is 0.359. The molecule has 3 nitrogen and oxygen atoms in total. The van der Waals surface area contributed by atoms with Crippen LogP contribution in [0.2, 0.25) is 5.02 Å². The summed E-state index contributed by atoms with van der Waals surface area (Å²) in [5.41, 5.74) is 0.492. The van der Waals surface area contributed by atoms with Crippen molar-refractivity contribution in [3.8, 4) is 0 Å². The topological polar surface area (TPSA) is 43.4 Å². The molecule has 1 rings (SSSR count). The minimum atomic E-state index is -0.562. The van der Waals surface area contributed by atoms with E-state index in [2.05, 4.69) is 4.74 Å². The number of thioether (sulfide) groups is 1. The van der Waals surface area contributed by atoms with E-state index in [4.69, 9.17) is 11.6 Å². The molecule has 102 valence electrons. The highest BCUT2D eigenvalue weighted by molar-refractivity contribution is 8.00. The van der Waals surface area contributed by atoms with Crippen LogP contribution in [0, 0.1) is 0 Å². The van der Waals surface area contributed by atoms with Gasteiger partial charge < -0.3 is 4.74 Å². The van der Waals surface area contributed by atoms with E-state index in [9.17, 15) is 9.59 Å². The van der Waals surface area contributed by atoms with Gasteiger partial charge in [0, 0.05) is 26.8 Å². The van der Waals surface area contributed by atoms with Crippen molar-refractivity contribution >= 4 is 35.1 Å². The molecular weight excluding hydrogens is 284 g/mol. The molecule has 0 saturated heterocycles. The maximum absolute atomic E-state index is 12.1. The molecule has 1 aromatic carbocycles. The zero-order valence-corrected chi connectivity index (χ0v) is 12.5. The Morgan fingerprint density at radius 1 is 1.32 bits per heavy atom. The van der Waals surface area contributed by atoms with E-state index < -0.39 is 5.97 Å². The number of carbonyl (C=O) groups excluding carboxylic acids is 2. The van der Waals surface area contributed by atoms with E-state index in [0.29, 0.717) is 15.8 Å². The molecule has 0 aromatic heterocycles. The number of hydrogen-bond acceptors (Lipinski definition) is 4. The summed E-state index contributed by atoms with van der Waals surface area (Å²) in [6.07, 6.45) is 2.30. The molecule has 0 radical (unpaired) electrons. The van der Waals surface area contributed by atoms with Crippen molar-refractivity contribution in [2.24, 2.45) is 0 Å². The van der Waals surface area contributed by atoms with Gasteiger partial charge >= 0.3 is 5.97 Å². The van der Waals surface area contributed by atoms with Crippen molar-refractivity contribution in [1.82, 2.24) is 0 Å². The van der Waals surface area contributed by atoms with E-state index in [-0.39, 0.29) is 5.78 Å². The Morgan fingerprint density at radius 3 is 2.58 bits per heavy atom. The predicted octanol–water partition coefficient (Wildman–Crippen LogP) is 3.75. The van der Waals surface area contributed by atoms with E-state index in [1.807, 2.05) is 19.9 Å². The van der Waals surface area contributed by atoms with Gasteiger partial charge in [0.15, 0.2) is 5.78 Å². The van der Waals surface area contributed by atoms with Crippen LogP contribution in [0.5, 0.6) is 0 Å². The summed E-state index contributed by atoms with van der Waals surface area (Å²) in [7, 11) is 1.26. The van der Waals surface area contributed by atoms with Crippen LogP contribution in [0.1, 0.15) is 24.2 Å². The summed E-state index contributed by atoms with van der Waals surface area (Å²) in [6, 6.07) is 5.16. The van der Waals surface area contributed by atoms with E-state index >= 15 is 0 Å². The third-order valence-electron chi connectivity index (χ3n) is 2.14. The minimum absolute atomic E-state index is 0.268. The molecule has 0 heterocycles.